The first-order chi connectivity index (χ1) is 8.18. The Hall–Kier alpha value is -0.820. The Balaban J connectivity index is 2.09. The summed E-state index contributed by atoms with van der Waals surface area (Å²) < 4.78 is 33.9. The number of fused-ring (bicyclic) bond motifs is 1. The van der Waals surface area contributed by atoms with Crippen molar-refractivity contribution in [2.45, 2.75) is 44.9 Å². The molecule has 6 nitrogen and oxygen atoms in total. The summed E-state index contributed by atoms with van der Waals surface area (Å²) in [5.74, 6) is 0.104. The minimum absolute atomic E-state index is 0.0308. The number of carbonyl (C=O) groups is 1. The molecule has 2 rings (SSSR count). The van der Waals surface area contributed by atoms with Crippen molar-refractivity contribution in [2.75, 3.05) is 18.2 Å². The summed E-state index contributed by atoms with van der Waals surface area (Å²) in [6.45, 7) is 5.44. The van der Waals surface area contributed by atoms with E-state index in [0.29, 0.717) is 6.42 Å². The lowest BCUT2D eigenvalue weighted by molar-refractivity contribution is 0.0161. The molecule has 0 spiro atoms. The largest absolute Gasteiger partial charge is 0.444 e. The van der Waals surface area contributed by atoms with Crippen molar-refractivity contribution in [3.63, 3.8) is 0 Å². The standard InChI is InChI=1S/C11H19NO5S/c1-11(2,3)17-10(13)12-7-16-9-4-5-18(14,15)6-8(9)12/h8-9H,4-7H2,1-3H3. The third-order valence-corrected chi connectivity index (χ3v) is 4.73. The summed E-state index contributed by atoms with van der Waals surface area (Å²) in [6.07, 6.45) is -0.236. The van der Waals surface area contributed by atoms with E-state index in [-0.39, 0.29) is 24.3 Å². The van der Waals surface area contributed by atoms with E-state index in [1.807, 2.05) is 0 Å². The van der Waals surface area contributed by atoms with E-state index >= 15 is 0 Å². The van der Waals surface area contributed by atoms with Gasteiger partial charge in [-0.1, -0.05) is 0 Å². The smallest absolute Gasteiger partial charge is 0.412 e. The highest BCUT2D eigenvalue weighted by Crippen LogP contribution is 2.28. The Morgan fingerprint density at radius 1 is 1.39 bits per heavy atom. The summed E-state index contributed by atoms with van der Waals surface area (Å²) in [4.78, 5) is 13.3. The summed E-state index contributed by atoms with van der Waals surface area (Å²) in [7, 11) is -3.08. The van der Waals surface area contributed by atoms with Crippen molar-refractivity contribution in [2.24, 2.45) is 0 Å². The van der Waals surface area contributed by atoms with Crippen molar-refractivity contribution in [3.8, 4) is 0 Å². The van der Waals surface area contributed by atoms with Crippen LogP contribution < -0.4 is 0 Å². The molecule has 0 radical (unpaired) electrons. The Kier molecular flexibility index (Phi) is 3.31. The second-order valence-electron chi connectivity index (χ2n) is 5.75. The van der Waals surface area contributed by atoms with Gasteiger partial charge in [0.05, 0.1) is 23.7 Å². The highest BCUT2D eigenvalue weighted by atomic mass is 32.2. The van der Waals surface area contributed by atoms with Crippen LogP contribution in [-0.2, 0) is 19.3 Å². The van der Waals surface area contributed by atoms with Crippen molar-refractivity contribution >= 4 is 15.9 Å². The van der Waals surface area contributed by atoms with E-state index in [2.05, 4.69) is 0 Å². The van der Waals surface area contributed by atoms with Gasteiger partial charge in [-0.15, -0.1) is 0 Å². The molecule has 2 heterocycles. The maximum absolute atomic E-state index is 12.0. The fraction of sp³-hybridized carbons (Fsp3) is 0.909. The first kappa shape index (κ1) is 13.6. The van der Waals surface area contributed by atoms with Crippen LogP contribution in [0.2, 0.25) is 0 Å². The molecule has 0 aliphatic carbocycles. The van der Waals surface area contributed by atoms with Gasteiger partial charge in [-0.3, -0.25) is 4.90 Å². The summed E-state index contributed by atoms with van der Waals surface area (Å²) in [5.41, 5.74) is -0.595. The van der Waals surface area contributed by atoms with E-state index in [9.17, 15) is 13.2 Å². The fourth-order valence-corrected chi connectivity index (χ4v) is 3.88. The van der Waals surface area contributed by atoms with Crippen LogP contribution in [-0.4, -0.2) is 55.4 Å². The van der Waals surface area contributed by atoms with Gasteiger partial charge < -0.3 is 9.47 Å². The van der Waals surface area contributed by atoms with Gasteiger partial charge in [0.1, 0.15) is 12.3 Å². The van der Waals surface area contributed by atoms with E-state index < -0.39 is 27.6 Å². The first-order valence-corrected chi connectivity index (χ1v) is 7.82. The molecular weight excluding hydrogens is 258 g/mol. The zero-order valence-corrected chi connectivity index (χ0v) is 11.7. The van der Waals surface area contributed by atoms with Crippen LogP contribution in [0.1, 0.15) is 27.2 Å². The highest BCUT2D eigenvalue weighted by Gasteiger charge is 2.45. The van der Waals surface area contributed by atoms with Gasteiger partial charge in [0.25, 0.3) is 0 Å². The van der Waals surface area contributed by atoms with Gasteiger partial charge in [0, 0.05) is 0 Å². The van der Waals surface area contributed by atoms with Crippen molar-refractivity contribution in [3.05, 3.63) is 0 Å². The molecule has 2 atom stereocenters. The van der Waals surface area contributed by atoms with Crippen LogP contribution in [0.3, 0.4) is 0 Å². The Morgan fingerprint density at radius 2 is 2.06 bits per heavy atom. The van der Waals surface area contributed by atoms with Crippen molar-refractivity contribution in [1.29, 1.82) is 0 Å². The Labute approximate surface area is 107 Å². The number of sulfone groups is 1. The van der Waals surface area contributed by atoms with Crippen LogP contribution >= 0.6 is 0 Å². The van der Waals surface area contributed by atoms with Gasteiger partial charge in [0.2, 0.25) is 0 Å². The third-order valence-electron chi connectivity index (χ3n) is 3.02. The molecule has 2 aliphatic rings. The quantitative estimate of drug-likeness (QED) is 0.654. The topological polar surface area (TPSA) is 72.9 Å². The van der Waals surface area contributed by atoms with E-state index in [0.717, 1.165) is 0 Å². The minimum atomic E-state index is -3.08. The lowest BCUT2D eigenvalue weighted by atomic mass is 10.1. The summed E-state index contributed by atoms with van der Waals surface area (Å²) >= 11 is 0. The van der Waals surface area contributed by atoms with E-state index in [4.69, 9.17) is 9.47 Å². The molecule has 7 heteroatoms. The number of carbonyl (C=O) groups excluding carboxylic acids is 1. The zero-order chi connectivity index (χ0) is 13.6. The first-order valence-electron chi connectivity index (χ1n) is 6.00. The van der Waals surface area contributed by atoms with Crippen LogP contribution in [0, 0.1) is 0 Å². The zero-order valence-electron chi connectivity index (χ0n) is 10.9. The van der Waals surface area contributed by atoms with Gasteiger partial charge in [0.15, 0.2) is 9.84 Å². The summed E-state index contributed by atoms with van der Waals surface area (Å²) in [6, 6.07) is -0.404. The molecule has 2 unspecified atom stereocenters. The predicted octanol–water partition coefficient (Wildman–Crippen LogP) is 0.767. The number of hydrogen-bond donors (Lipinski definition) is 0. The van der Waals surface area contributed by atoms with E-state index in [1.165, 1.54) is 4.90 Å². The molecule has 18 heavy (non-hydrogen) atoms. The predicted molar refractivity (Wildman–Crippen MR) is 64.9 cm³/mol. The number of hydrogen-bond acceptors (Lipinski definition) is 5. The molecule has 1 amide bonds. The molecule has 104 valence electrons. The van der Waals surface area contributed by atoms with E-state index in [1.54, 1.807) is 20.8 Å². The molecule has 0 aromatic carbocycles. The lowest BCUT2D eigenvalue weighted by Gasteiger charge is -2.30. The SMILES string of the molecule is CC(C)(C)OC(=O)N1COC2CCS(=O)(=O)CC21. The maximum atomic E-state index is 12.0. The average Bonchev–Trinajstić information content (AvgIpc) is 2.55. The third kappa shape index (κ3) is 2.95. The average molecular weight is 277 g/mol. The molecule has 0 aromatic rings. The summed E-state index contributed by atoms with van der Waals surface area (Å²) in [5, 5.41) is 0. The van der Waals surface area contributed by atoms with Crippen LogP contribution in [0.15, 0.2) is 0 Å². The molecule has 2 fully saturated rings. The molecule has 0 N–H and O–H groups in total. The van der Waals surface area contributed by atoms with Crippen LogP contribution in [0.5, 0.6) is 0 Å². The highest BCUT2D eigenvalue weighted by molar-refractivity contribution is 7.91. The molecule has 2 saturated heterocycles. The number of amides is 1. The number of nitrogens with zero attached hydrogens (tertiary/aromatic N) is 1. The second kappa shape index (κ2) is 4.38. The van der Waals surface area contributed by atoms with Crippen LogP contribution in [0.4, 0.5) is 4.79 Å². The fourth-order valence-electron chi connectivity index (χ4n) is 2.20. The molecule has 0 aromatic heterocycles. The number of ether oxygens (including phenoxy) is 2. The lowest BCUT2D eigenvalue weighted by Crippen LogP contribution is -2.49. The van der Waals surface area contributed by atoms with Gasteiger partial charge >= 0.3 is 6.09 Å². The maximum Gasteiger partial charge on any atom is 0.412 e. The van der Waals surface area contributed by atoms with Crippen molar-refractivity contribution < 1.29 is 22.7 Å². The van der Waals surface area contributed by atoms with Gasteiger partial charge in [-0.05, 0) is 27.2 Å². The normalized spacial score (nSPS) is 30.9. The minimum Gasteiger partial charge on any atom is -0.444 e. The van der Waals surface area contributed by atoms with Gasteiger partial charge in [-0.2, -0.15) is 0 Å². The van der Waals surface area contributed by atoms with Gasteiger partial charge in [-0.25, -0.2) is 13.2 Å². The number of rotatable bonds is 0. The second-order valence-corrected chi connectivity index (χ2v) is 7.98. The Morgan fingerprint density at radius 3 is 2.67 bits per heavy atom. The molecular formula is C11H19NO5S. The molecule has 0 saturated carbocycles. The molecule has 2 aliphatic heterocycles. The molecule has 0 bridgehead atoms. The monoisotopic (exact) mass is 277 g/mol. The van der Waals surface area contributed by atoms with Crippen molar-refractivity contribution in [1.82, 2.24) is 4.90 Å². The van der Waals surface area contributed by atoms with Crippen LogP contribution in [0.25, 0.3) is 0 Å². The Bertz CT molecular complexity index is 439.